The molecule has 0 spiro atoms. The molecule has 1 saturated heterocycles. The molecule has 0 radical (unpaired) electrons. The predicted molar refractivity (Wildman–Crippen MR) is 91.4 cm³/mol. The Kier molecular flexibility index (Phi) is 5.47. The van der Waals surface area contributed by atoms with E-state index in [1.165, 1.54) is 17.3 Å². The molecule has 128 valence electrons. The molecule has 2 aromatic rings. The van der Waals surface area contributed by atoms with E-state index in [1.807, 2.05) is 17.0 Å². The normalized spacial score (nSPS) is 15.0. The lowest BCUT2D eigenvalue weighted by molar-refractivity contribution is -0.132. The van der Waals surface area contributed by atoms with Crippen molar-refractivity contribution >= 4 is 17.7 Å². The highest BCUT2D eigenvalue weighted by Crippen LogP contribution is 2.21. The number of thioether (sulfide) groups is 1. The van der Waals surface area contributed by atoms with Crippen molar-refractivity contribution < 1.29 is 9.53 Å². The Morgan fingerprint density at radius 2 is 1.96 bits per heavy atom. The number of ether oxygens (including phenoxy) is 1. The van der Waals surface area contributed by atoms with E-state index in [4.69, 9.17) is 4.74 Å². The van der Waals surface area contributed by atoms with E-state index in [1.54, 1.807) is 4.68 Å². The van der Waals surface area contributed by atoms with Crippen molar-refractivity contribution in [2.24, 2.45) is 0 Å². The van der Waals surface area contributed by atoms with E-state index in [0.717, 1.165) is 5.69 Å². The first kappa shape index (κ1) is 16.9. The highest BCUT2D eigenvalue weighted by atomic mass is 32.2. The van der Waals surface area contributed by atoms with Crippen molar-refractivity contribution in [1.82, 2.24) is 25.1 Å². The van der Waals surface area contributed by atoms with E-state index in [9.17, 15) is 4.79 Å². The standard InChI is InChI=1S/C16H21N5O2S/c1-12(2)13-3-5-14(6-4-13)21-16(17-18-19-21)24-11-15(22)20-7-9-23-10-8-20/h3-6,12H,7-11H2,1-2H3. The van der Waals surface area contributed by atoms with Crippen LogP contribution in [0.1, 0.15) is 25.3 Å². The molecule has 1 fully saturated rings. The predicted octanol–water partition coefficient (Wildman–Crippen LogP) is 1.74. The van der Waals surface area contributed by atoms with Crippen molar-refractivity contribution in [2.45, 2.75) is 24.9 Å². The average molecular weight is 347 g/mol. The van der Waals surface area contributed by atoms with Crippen LogP contribution < -0.4 is 0 Å². The molecule has 0 N–H and O–H groups in total. The van der Waals surface area contributed by atoms with Crippen molar-refractivity contribution in [3.05, 3.63) is 29.8 Å². The number of nitrogens with zero attached hydrogens (tertiary/aromatic N) is 5. The third-order valence-electron chi connectivity index (χ3n) is 3.93. The number of hydrogen-bond acceptors (Lipinski definition) is 6. The maximum atomic E-state index is 12.2. The lowest BCUT2D eigenvalue weighted by atomic mass is 10.0. The summed E-state index contributed by atoms with van der Waals surface area (Å²) in [5.74, 6) is 0.894. The summed E-state index contributed by atoms with van der Waals surface area (Å²) >= 11 is 1.36. The molecule has 0 atom stereocenters. The Hall–Kier alpha value is -1.93. The van der Waals surface area contributed by atoms with Crippen LogP contribution in [0.5, 0.6) is 0 Å². The van der Waals surface area contributed by atoms with E-state index in [-0.39, 0.29) is 5.91 Å². The first-order valence-corrected chi connectivity index (χ1v) is 9.01. The molecule has 3 rings (SSSR count). The smallest absolute Gasteiger partial charge is 0.233 e. The molecule has 7 nitrogen and oxygen atoms in total. The SMILES string of the molecule is CC(C)c1ccc(-n2nnnc2SCC(=O)N2CCOCC2)cc1. The van der Waals surface area contributed by atoms with Crippen molar-refractivity contribution in [2.75, 3.05) is 32.1 Å². The largest absolute Gasteiger partial charge is 0.378 e. The van der Waals surface area contributed by atoms with Gasteiger partial charge in [-0.1, -0.05) is 37.7 Å². The summed E-state index contributed by atoms with van der Waals surface area (Å²) in [5.41, 5.74) is 2.16. The summed E-state index contributed by atoms with van der Waals surface area (Å²) in [6.45, 7) is 6.84. The third kappa shape index (κ3) is 3.93. The zero-order valence-corrected chi connectivity index (χ0v) is 14.7. The third-order valence-corrected chi connectivity index (χ3v) is 4.84. The van der Waals surface area contributed by atoms with Crippen LogP contribution in [-0.2, 0) is 9.53 Å². The van der Waals surface area contributed by atoms with Crippen molar-refractivity contribution in [1.29, 1.82) is 0 Å². The fourth-order valence-corrected chi connectivity index (χ4v) is 3.26. The Bertz CT molecular complexity index is 680. The molecule has 24 heavy (non-hydrogen) atoms. The van der Waals surface area contributed by atoms with Gasteiger partial charge in [-0.05, 0) is 34.0 Å². The van der Waals surface area contributed by atoms with Crippen LogP contribution in [0.4, 0.5) is 0 Å². The van der Waals surface area contributed by atoms with Gasteiger partial charge in [0.15, 0.2) is 0 Å². The van der Waals surface area contributed by atoms with Gasteiger partial charge < -0.3 is 9.64 Å². The van der Waals surface area contributed by atoms with E-state index in [2.05, 4.69) is 41.5 Å². The first-order chi connectivity index (χ1) is 11.6. The molecule has 0 saturated carbocycles. The van der Waals surface area contributed by atoms with Crippen molar-refractivity contribution in [3.63, 3.8) is 0 Å². The molecule has 1 aliphatic heterocycles. The molecule has 1 aliphatic rings. The molecule has 1 amide bonds. The molecule has 0 aliphatic carbocycles. The molecular weight excluding hydrogens is 326 g/mol. The van der Waals surface area contributed by atoms with Gasteiger partial charge in [-0.25, -0.2) is 0 Å². The van der Waals surface area contributed by atoms with Crippen LogP contribution >= 0.6 is 11.8 Å². The van der Waals surface area contributed by atoms with Gasteiger partial charge in [0.2, 0.25) is 11.1 Å². The number of rotatable bonds is 5. The fraction of sp³-hybridized carbons (Fsp3) is 0.500. The van der Waals surface area contributed by atoms with Gasteiger partial charge >= 0.3 is 0 Å². The molecule has 8 heteroatoms. The molecule has 0 bridgehead atoms. The van der Waals surface area contributed by atoms with E-state index >= 15 is 0 Å². The molecule has 1 aromatic carbocycles. The summed E-state index contributed by atoms with van der Waals surface area (Å²) in [4.78, 5) is 14.1. The minimum Gasteiger partial charge on any atom is -0.378 e. The quantitative estimate of drug-likeness (QED) is 0.767. The van der Waals surface area contributed by atoms with Crippen LogP contribution in [0.3, 0.4) is 0 Å². The maximum absolute atomic E-state index is 12.2. The number of hydrogen-bond donors (Lipinski definition) is 0. The number of tetrazole rings is 1. The van der Waals surface area contributed by atoms with Gasteiger partial charge in [0.05, 0.1) is 24.7 Å². The van der Waals surface area contributed by atoms with Crippen LogP contribution in [-0.4, -0.2) is 63.1 Å². The monoisotopic (exact) mass is 347 g/mol. The minimum absolute atomic E-state index is 0.0907. The Morgan fingerprint density at radius 3 is 2.62 bits per heavy atom. The van der Waals surface area contributed by atoms with E-state index < -0.39 is 0 Å². The molecule has 1 aromatic heterocycles. The summed E-state index contributed by atoms with van der Waals surface area (Å²) in [5, 5.41) is 12.4. The lowest BCUT2D eigenvalue weighted by Gasteiger charge is -2.26. The van der Waals surface area contributed by atoms with Gasteiger partial charge in [-0.15, -0.1) is 5.10 Å². The van der Waals surface area contributed by atoms with Crippen LogP contribution in [0.2, 0.25) is 0 Å². The van der Waals surface area contributed by atoms with Gasteiger partial charge in [0.1, 0.15) is 0 Å². The van der Waals surface area contributed by atoms with Gasteiger partial charge in [-0.3, -0.25) is 4.79 Å². The van der Waals surface area contributed by atoms with Crippen LogP contribution in [0.25, 0.3) is 5.69 Å². The second kappa shape index (κ2) is 7.76. The Morgan fingerprint density at radius 1 is 1.25 bits per heavy atom. The van der Waals surface area contributed by atoms with Crippen LogP contribution in [0, 0.1) is 0 Å². The fourth-order valence-electron chi connectivity index (χ4n) is 2.46. The lowest BCUT2D eigenvalue weighted by Crippen LogP contribution is -2.41. The summed E-state index contributed by atoms with van der Waals surface area (Å²) in [6.07, 6.45) is 0. The summed E-state index contributed by atoms with van der Waals surface area (Å²) in [7, 11) is 0. The topological polar surface area (TPSA) is 73.1 Å². The number of carbonyl (C=O) groups is 1. The average Bonchev–Trinajstić information content (AvgIpc) is 3.09. The second-order valence-corrected chi connectivity index (χ2v) is 6.84. The number of amides is 1. The first-order valence-electron chi connectivity index (χ1n) is 8.02. The highest BCUT2D eigenvalue weighted by molar-refractivity contribution is 7.99. The molecule has 0 unspecified atom stereocenters. The maximum Gasteiger partial charge on any atom is 0.233 e. The summed E-state index contributed by atoms with van der Waals surface area (Å²) in [6, 6.07) is 8.16. The van der Waals surface area contributed by atoms with Gasteiger partial charge in [-0.2, -0.15) is 4.68 Å². The minimum atomic E-state index is 0.0907. The number of aromatic nitrogens is 4. The summed E-state index contributed by atoms with van der Waals surface area (Å²) < 4.78 is 6.93. The Labute approximate surface area is 145 Å². The number of benzene rings is 1. The van der Waals surface area contributed by atoms with Crippen molar-refractivity contribution in [3.8, 4) is 5.69 Å². The number of carbonyl (C=O) groups excluding carboxylic acids is 1. The zero-order chi connectivity index (χ0) is 16.9. The molecular formula is C16H21N5O2S. The van der Waals surface area contributed by atoms with Crippen LogP contribution in [0.15, 0.2) is 29.4 Å². The molecule has 2 heterocycles. The highest BCUT2D eigenvalue weighted by Gasteiger charge is 2.18. The van der Waals surface area contributed by atoms with E-state index in [0.29, 0.717) is 43.1 Å². The van der Waals surface area contributed by atoms with Gasteiger partial charge in [0.25, 0.3) is 0 Å². The Balaban J connectivity index is 1.65. The second-order valence-electron chi connectivity index (χ2n) is 5.90. The number of morpholine rings is 1. The zero-order valence-electron chi connectivity index (χ0n) is 13.9. The van der Waals surface area contributed by atoms with Gasteiger partial charge in [0, 0.05) is 13.1 Å².